The van der Waals surface area contributed by atoms with Crippen LogP contribution in [0, 0.1) is 22.7 Å². The predicted octanol–water partition coefficient (Wildman–Crippen LogP) is 2.87. The summed E-state index contributed by atoms with van der Waals surface area (Å²) in [6.45, 7) is 0. The van der Waals surface area contributed by atoms with Crippen molar-refractivity contribution in [3.8, 4) is 12.1 Å². The Labute approximate surface area is 91.9 Å². The molecule has 0 radical (unpaired) electrons. The zero-order valence-corrected chi connectivity index (χ0v) is 9.50. The average Bonchev–Trinajstić information content (AvgIpc) is 2.26. The zero-order chi connectivity index (χ0) is 10.6. The highest BCUT2D eigenvalue weighted by Crippen LogP contribution is 2.29. The van der Waals surface area contributed by atoms with Gasteiger partial charge in [0.25, 0.3) is 0 Å². The fraction of sp³-hybridized carbons (Fsp3) is 0.200. The van der Waals surface area contributed by atoms with Crippen LogP contribution in [0.2, 0.25) is 0 Å². The Morgan fingerprint density at radius 2 is 1.29 bits per heavy atom. The van der Waals surface area contributed by atoms with Crippen molar-refractivity contribution >= 4 is 23.5 Å². The van der Waals surface area contributed by atoms with Gasteiger partial charge in [-0.1, -0.05) is 0 Å². The van der Waals surface area contributed by atoms with Gasteiger partial charge in [-0.25, -0.2) is 0 Å². The Balaban J connectivity index is 3.48. The van der Waals surface area contributed by atoms with Crippen molar-refractivity contribution < 1.29 is 0 Å². The smallest absolute Gasteiger partial charge is 0.102 e. The van der Waals surface area contributed by atoms with E-state index in [0.717, 1.165) is 9.79 Å². The minimum atomic E-state index is 0.492. The van der Waals surface area contributed by atoms with Crippen molar-refractivity contribution in [1.29, 1.82) is 10.5 Å². The van der Waals surface area contributed by atoms with Crippen LogP contribution in [-0.2, 0) is 0 Å². The van der Waals surface area contributed by atoms with E-state index in [4.69, 9.17) is 10.5 Å². The molecule has 70 valence electrons. The van der Waals surface area contributed by atoms with E-state index in [1.807, 2.05) is 24.6 Å². The van der Waals surface area contributed by atoms with Crippen LogP contribution in [0.5, 0.6) is 0 Å². The first-order valence-corrected chi connectivity index (χ1v) is 6.28. The third kappa shape index (κ3) is 1.87. The monoisotopic (exact) mass is 220 g/mol. The molecule has 0 fully saturated rings. The summed E-state index contributed by atoms with van der Waals surface area (Å²) in [7, 11) is 0. The summed E-state index contributed by atoms with van der Waals surface area (Å²) in [6, 6.07) is 7.94. The minimum absolute atomic E-state index is 0.492. The molecule has 0 aliphatic carbocycles. The topological polar surface area (TPSA) is 47.6 Å². The van der Waals surface area contributed by atoms with E-state index in [1.54, 1.807) is 0 Å². The van der Waals surface area contributed by atoms with Crippen molar-refractivity contribution in [2.45, 2.75) is 9.79 Å². The third-order valence-electron chi connectivity index (χ3n) is 1.79. The summed E-state index contributed by atoms with van der Waals surface area (Å²) >= 11 is 2.97. The van der Waals surface area contributed by atoms with Crippen molar-refractivity contribution in [3.05, 3.63) is 23.3 Å². The average molecular weight is 220 g/mol. The van der Waals surface area contributed by atoms with E-state index in [9.17, 15) is 0 Å². The Morgan fingerprint density at radius 1 is 0.929 bits per heavy atom. The summed E-state index contributed by atoms with van der Waals surface area (Å²) < 4.78 is 0. The first kappa shape index (κ1) is 11.0. The molecule has 14 heavy (non-hydrogen) atoms. The Hall–Kier alpha value is -1.10. The van der Waals surface area contributed by atoms with Crippen molar-refractivity contribution in [2.24, 2.45) is 0 Å². The van der Waals surface area contributed by atoms with Gasteiger partial charge >= 0.3 is 0 Å². The van der Waals surface area contributed by atoms with E-state index in [0.29, 0.717) is 11.1 Å². The molecule has 2 nitrogen and oxygen atoms in total. The van der Waals surface area contributed by atoms with Gasteiger partial charge in [0, 0.05) is 9.79 Å². The minimum Gasteiger partial charge on any atom is -0.192 e. The maximum absolute atomic E-state index is 8.96. The van der Waals surface area contributed by atoms with E-state index in [2.05, 4.69) is 12.1 Å². The number of nitrogens with zero attached hydrogens (tertiary/aromatic N) is 2. The molecule has 0 aromatic heterocycles. The Bertz CT molecular complexity index is 386. The Kier molecular flexibility index (Phi) is 3.88. The molecule has 0 aliphatic heterocycles. The first-order chi connectivity index (χ1) is 6.78. The van der Waals surface area contributed by atoms with Gasteiger partial charge in [-0.15, -0.1) is 23.5 Å². The van der Waals surface area contributed by atoms with Crippen molar-refractivity contribution in [3.63, 3.8) is 0 Å². The van der Waals surface area contributed by atoms with Gasteiger partial charge in [0.15, 0.2) is 0 Å². The molecule has 0 amide bonds. The first-order valence-electron chi connectivity index (χ1n) is 3.83. The largest absolute Gasteiger partial charge is 0.192 e. The lowest BCUT2D eigenvalue weighted by molar-refractivity contribution is 1.25. The molecule has 4 heteroatoms. The van der Waals surface area contributed by atoms with Crippen LogP contribution in [0.15, 0.2) is 21.9 Å². The molecule has 0 aliphatic rings. The summed E-state index contributed by atoms with van der Waals surface area (Å²) in [5, 5.41) is 17.9. The molecular formula is C10H8N2S2. The molecule has 1 aromatic carbocycles. The fourth-order valence-corrected chi connectivity index (χ4v) is 2.24. The van der Waals surface area contributed by atoms with Gasteiger partial charge < -0.3 is 0 Å². The van der Waals surface area contributed by atoms with Gasteiger partial charge in [0.05, 0.1) is 11.1 Å². The second-order valence-corrected chi connectivity index (χ2v) is 4.14. The van der Waals surface area contributed by atoms with Crippen molar-refractivity contribution in [1.82, 2.24) is 0 Å². The number of thioether (sulfide) groups is 2. The SMILES string of the molecule is CSc1ccc(SC)c(C#N)c1C#N. The summed E-state index contributed by atoms with van der Waals surface area (Å²) in [5.41, 5.74) is 0.985. The van der Waals surface area contributed by atoms with Gasteiger partial charge in [0.1, 0.15) is 12.1 Å². The normalized spacial score (nSPS) is 9.14. The number of rotatable bonds is 2. The maximum atomic E-state index is 8.96. The van der Waals surface area contributed by atoms with Crippen molar-refractivity contribution in [2.75, 3.05) is 12.5 Å². The fourth-order valence-electron chi connectivity index (χ4n) is 1.13. The molecule has 1 rings (SSSR count). The highest BCUT2D eigenvalue weighted by atomic mass is 32.2. The molecule has 1 aromatic rings. The molecular weight excluding hydrogens is 212 g/mol. The van der Waals surface area contributed by atoms with Crippen LogP contribution in [0.3, 0.4) is 0 Å². The van der Waals surface area contributed by atoms with Gasteiger partial charge in [0.2, 0.25) is 0 Å². The molecule has 0 unspecified atom stereocenters. The molecule has 0 saturated heterocycles. The predicted molar refractivity (Wildman–Crippen MR) is 59.4 cm³/mol. The standard InChI is InChI=1S/C10H8N2S2/c1-13-9-3-4-10(14-2)8(6-12)7(9)5-11/h3-4H,1-2H3. The highest BCUT2D eigenvalue weighted by Gasteiger charge is 2.11. The van der Waals surface area contributed by atoms with E-state index in [-0.39, 0.29) is 0 Å². The second kappa shape index (κ2) is 4.95. The molecule has 0 saturated carbocycles. The lowest BCUT2D eigenvalue weighted by Gasteiger charge is -2.05. The molecule has 0 N–H and O–H groups in total. The molecule has 0 atom stereocenters. The summed E-state index contributed by atoms with van der Waals surface area (Å²) in [6.07, 6.45) is 3.80. The van der Waals surface area contributed by atoms with Crippen LogP contribution < -0.4 is 0 Å². The van der Waals surface area contributed by atoms with Crippen LogP contribution in [0.25, 0.3) is 0 Å². The van der Waals surface area contributed by atoms with Crippen LogP contribution in [-0.4, -0.2) is 12.5 Å². The van der Waals surface area contributed by atoms with Crippen LogP contribution in [0.4, 0.5) is 0 Å². The second-order valence-electron chi connectivity index (χ2n) is 2.44. The van der Waals surface area contributed by atoms with E-state index < -0.39 is 0 Å². The van der Waals surface area contributed by atoms with E-state index in [1.165, 1.54) is 23.5 Å². The number of benzene rings is 1. The number of nitriles is 2. The lowest BCUT2D eigenvalue weighted by atomic mass is 10.1. The Morgan fingerprint density at radius 3 is 1.50 bits per heavy atom. The third-order valence-corrected chi connectivity index (χ3v) is 3.35. The van der Waals surface area contributed by atoms with Gasteiger partial charge in [-0.3, -0.25) is 0 Å². The number of hydrogen-bond donors (Lipinski definition) is 0. The van der Waals surface area contributed by atoms with Crippen LogP contribution in [0.1, 0.15) is 11.1 Å². The molecule has 0 bridgehead atoms. The quantitative estimate of drug-likeness (QED) is 0.719. The lowest BCUT2D eigenvalue weighted by Crippen LogP contribution is -1.90. The molecule has 0 heterocycles. The van der Waals surface area contributed by atoms with Gasteiger partial charge in [-0.05, 0) is 24.6 Å². The van der Waals surface area contributed by atoms with E-state index >= 15 is 0 Å². The summed E-state index contributed by atoms with van der Waals surface area (Å²) in [5.74, 6) is 0. The van der Waals surface area contributed by atoms with Gasteiger partial charge in [-0.2, -0.15) is 10.5 Å². The zero-order valence-electron chi connectivity index (χ0n) is 7.87. The highest BCUT2D eigenvalue weighted by molar-refractivity contribution is 7.99. The summed E-state index contributed by atoms with van der Waals surface area (Å²) in [4.78, 5) is 1.73. The maximum Gasteiger partial charge on any atom is 0.102 e. The number of hydrogen-bond acceptors (Lipinski definition) is 4. The van der Waals surface area contributed by atoms with Crippen LogP contribution >= 0.6 is 23.5 Å². The molecule has 0 spiro atoms.